The number of carbonyl (C=O) groups excluding carboxylic acids is 3. The number of ether oxygens (including phenoxy) is 5. The largest absolute Gasteiger partial charge is 0.494 e. The first-order valence-corrected chi connectivity index (χ1v) is 16.6. The van der Waals surface area contributed by atoms with Crippen molar-refractivity contribution in [1.82, 2.24) is 0 Å². The van der Waals surface area contributed by atoms with E-state index >= 15 is 0 Å². The highest BCUT2D eigenvalue weighted by atomic mass is 16.5. The van der Waals surface area contributed by atoms with E-state index in [0.717, 1.165) is 44.3 Å². The lowest BCUT2D eigenvalue weighted by molar-refractivity contribution is -0.139. The lowest BCUT2D eigenvalue weighted by atomic mass is 10.1. The van der Waals surface area contributed by atoms with E-state index in [-0.39, 0.29) is 5.97 Å². The van der Waals surface area contributed by atoms with Crippen molar-refractivity contribution in [3.63, 3.8) is 0 Å². The molecule has 8 nitrogen and oxygen atoms in total. The zero-order valence-corrected chi connectivity index (χ0v) is 28.0. The van der Waals surface area contributed by atoms with Gasteiger partial charge >= 0.3 is 17.9 Å². The van der Waals surface area contributed by atoms with Crippen molar-refractivity contribution in [2.24, 2.45) is 0 Å². The molecule has 0 aliphatic rings. The van der Waals surface area contributed by atoms with E-state index in [2.05, 4.69) is 13.5 Å². The van der Waals surface area contributed by atoms with Crippen LogP contribution in [0.25, 0.3) is 0 Å². The smallest absolute Gasteiger partial charge is 0.343 e. The number of benzene rings is 3. The topological polar surface area (TPSA) is 97.4 Å². The van der Waals surface area contributed by atoms with Crippen molar-refractivity contribution in [2.45, 2.75) is 85.0 Å². The van der Waals surface area contributed by atoms with Crippen molar-refractivity contribution in [2.75, 3.05) is 19.8 Å². The fourth-order valence-corrected chi connectivity index (χ4v) is 4.61. The highest BCUT2D eigenvalue weighted by molar-refractivity contribution is 5.92. The molecular formula is C39H48O8. The van der Waals surface area contributed by atoms with Crippen molar-refractivity contribution < 1.29 is 38.1 Å². The summed E-state index contributed by atoms with van der Waals surface area (Å²) in [4.78, 5) is 36.8. The normalized spacial score (nSPS) is 10.6. The highest BCUT2D eigenvalue weighted by Crippen LogP contribution is 2.26. The summed E-state index contributed by atoms with van der Waals surface area (Å²) >= 11 is 0. The first-order chi connectivity index (χ1) is 22.8. The van der Waals surface area contributed by atoms with Crippen LogP contribution in [0.5, 0.6) is 23.0 Å². The van der Waals surface area contributed by atoms with E-state index in [0.29, 0.717) is 59.3 Å². The van der Waals surface area contributed by atoms with E-state index in [1.807, 2.05) is 0 Å². The molecule has 3 aromatic rings. The lowest BCUT2D eigenvalue weighted by Gasteiger charge is -2.11. The van der Waals surface area contributed by atoms with Crippen molar-refractivity contribution in [1.29, 1.82) is 0 Å². The minimum Gasteiger partial charge on any atom is -0.494 e. The summed E-state index contributed by atoms with van der Waals surface area (Å²) in [5.74, 6) is 0.767. The molecule has 8 heteroatoms. The van der Waals surface area contributed by atoms with E-state index in [4.69, 9.17) is 23.7 Å². The number of aryl methyl sites for hydroxylation is 1. The third-order valence-electron chi connectivity index (χ3n) is 7.40. The number of esters is 3. The number of hydrogen-bond donors (Lipinski definition) is 0. The van der Waals surface area contributed by atoms with Crippen LogP contribution in [0.3, 0.4) is 0 Å². The maximum atomic E-state index is 12.7. The van der Waals surface area contributed by atoms with Crippen LogP contribution in [-0.2, 0) is 9.53 Å². The molecule has 0 atom stereocenters. The van der Waals surface area contributed by atoms with Gasteiger partial charge in [0.2, 0.25) is 0 Å². The molecule has 0 saturated heterocycles. The Labute approximate surface area is 279 Å². The predicted molar refractivity (Wildman–Crippen MR) is 183 cm³/mol. The summed E-state index contributed by atoms with van der Waals surface area (Å²) < 4.78 is 27.8. The second kappa shape index (κ2) is 20.5. The van der Waals surface area contributed by atoms with E-state index in [1.165, 1.54) is 25.7 Å². The minimum absolute atomic E-state index is 0.342. The summed E-state index contributed by atoms with van der Waals surface area (Å²) in [6.07, 6.45) is 10.8. The first kappa shape index (κ1) is 36.9. The quantitative estimate of drug-likeness (QED) is 0.0490. The van der Waals surface area contributed by atoms with Crippen molar-refractivity contribution >= 4 is 17.9 Å². The lowest BCUT2D eigenvalue weighted by Crippen LogP contribution is -2.10. The number of carbonyl (C=O) groups is 3. The molecule has 0 saturated carbocycles. The molecule has 0 fully saturated rings. The zero-order chi connectivity index (χ0) is 33.9. The molecule has 0 amide bonds. The highest BCUT2D eigenvalue weighted by Gasteiger charge is 2.14. The van der Waals surface area contributed by atoms with Gasteiger partial charge in [-0.1, -0.05) is 45.6 Å². The molecule has 0 aliphatic carbocycles. The maximum absolute atomic E-state index is 12.7. The van der Waals surface area contributed by atoms with Crippen LogP contribution in [0.15, 0.2) is 78.9 Å². The van der Waals surface area contributed by atoms with E-state index in [9.17, 15) is 14.4 Å². The van der Waals surface area contributed by atoms with Gasteiger partial charge in [0.25, 0.3) is 0 Å². The number of rotatable bonds is 21. The predicted octanol–water partition coefficient (Wildman–Crippen LogP) is 9.23. The third kappa shape index (κ3) is 13.7. The van der Waals surface area contributed by atoms with E-state index in [1.54, 1.807) is 80.6 Å². The molecule has 0 spiro atoms. The Kier molecular flexibility index (Phi) is 16.1. The average molecular weight is 645 g/mol. The summed E-state index contributed by atoms with van der Waals surface area (Å²) in [5, 5.41) is 0. The van der Waals surface area contributed by atoms with Crippen molar-refractivity contribution in [3.05, 3.63) is 95.6 Å². The second-order valence-electron chi connectivity index (χ2n) is 11.6. The number of hydrogen-bond acceptors (Lipinski definition) is 8. The van der Waals surface area contributed by atoms with E-state index < -0.39 is 11.9 Å². The van der Waals surface area contributed by atoms with Crippen molar-refractivity contribution in [3.8, 4) is 23.0 Å². The van der Waals surface area contributed by atoms with Gasteiger partial charge in [-0.25, -0.2) is 14.4 Å². The molecule has 0 bridgehead atoms. The van der Waals surface area contributed by atoms with Gasteiger partial charge in [-0.3, -0.25) is 0 Å². The molecule has 0 N–H and O–H groups in total. The summed E-state index contributed by atoms with van der Waals surface area (Å²) in [5.41, 5.74) is 1.86. The van der Waals surface area contributed by atoms with Gasteiger partial charge in [-0.2, -0.15) is 0 Å². The van der Waals surface area contributed by atoms with Gasteiger partial charge in [0, 0.05) is 5.57 Å². The molecule has 0 radical (unpaired) electrons. The summed E-state index contributed by atoms with van der Waals surface area (Å²) in [6.45, 7) is 10.8. The van der Waals surface area contributed by atoms with Crippen LogP contribution < -0.4 is 18.9 Å². The van der Waals surface area contributed by atoms with Crippen LogP contribution in [0, 0.1) is 6.92 Å². The van der Waals surface area contributed by atoms with Crippen LogP contribution in [0.1, 0.15) is 104 Å². The molecule has 47 heavy (non-hydrogen) atoms. The Morgan fingerprint density at radius 1 is 0.596 bits per heavy atom. The average Bonchev–Trinajstić information content (AvgIpc) is 3.07. The minimum atomic E-state index is -0.508. The SMILES string of the molecule is C=C(C)C(=O)OCCCCCCOc1ccc(C(=O)Oc2ccc(OC(=O)c3ccc(OCCCCCCCC)cc3)c(C)c2)cc1. The third-order valence-corrected chi connectivity index (χ3v) is 7.40. The van der Waals surface area contributed by atoms with Gasteiger partial charge in [-0.05, 0) is 118 Å². The number of unbranched alkanes of at least 4 members (excludes halogenated alkanes) is 8. The van der Waals surface area contributed by atoms with Crippen LogP contribution in [0.2, 0.25) is 0 Å². The van der Waals surface area contributed by atoms with Crippen LogP contribution >= 0.6 is 0 Å². The molecule has 0 aromatic heterocycles. The monoisotopic (exact) mass is 644 g/mol. The molecule has 252 valence electrons. The second-order valence-corrected chi connectivity index (χ2v) is 11.6. The molecular weight excluding hydrogens is 596 g/mol. The van der Waals surface area contributed by atoms with Gasteiger partial charge in [0.05, 0.1) is 30.9 Å². The van der Waals surface area contributed by atoms with Crippen LogP contribution in [-0.4, -0.2) is 37.7 Å². The summed E-state index contributed by atoms with van der Waals surface area (Å²) in [7, 11) is 0. The van der Waals surface area contributed by atoms with Crippen LogP contribution in [0.4, 0.5) is 0 Å². The first-order valence-electron chi connectivity index (χ1n) is 16.6. The fraction of sp³-hybridized carbons (Fsp3) is 0.410. The molecule has 0 unspecified atom stereocenters. The Bertz CT molecular complexity index is 1430. The molecule has 3 aromatic carbocycles. The standard InChI is InChI=1S/C39H48O8/c1-5-6-7-8-9-12-25-43-34-21-17-32(18-22-34)39(42)47-36-24-23-35(28-30(36)4)46-38(41)31-15-19-33(20-16-31)44-26-13-10-11-14-27-45-37(40)29(2)3/h15-24,28H,2,5-14,25-27H2,1,3-4H3. The van der Waals surface area contributed by atoms with Gasteiger partial charge in [0.1, 0.15) is 23.0 Å². The molecule has 3 rings (SSSR count). The Hall–Kier alpha value is -4.59. The molecule has 0 aliphatic heterocycles. The van der Waals surface area contributed by atoms with Gasteiger partial charge in [0.15, 0.2) is 0 Å². The van der Waals surface area contributed by atoms with Gasteiger partial charge < -0.3 is 23.7 Å². The van der Waals surface area contributed by atoms with Gasteiger partial charge in [-0.15, -0.1) is 0 Å². The Morgan fingerprint density at radius 2 is 1.06 bits per heavy atom. The fourth-order valence-electron chi connectivity index (χ4n) is 4.61. The Balaban J connectivity index is 1.37. The zero-order valence-electron chi connectivity index (χ0n) is 28.0. The summed E-state index contributed by atoms with van der Waals surface area (Å²) in [6, 6.07) is 18.6. The molecule has 0 heterocycles. The maximum Gasteiger partial charge on any atom is 0.343 e. The Morgan fingerprint density at radius 3 is 1.57 bits per heavy atom.